The Labute approximate surface area is 114 Å². The molecule has 4 heteroatoms. The van der Waals surface area contributed by atoms with Gasteiger partial charge in [0.2, 0.25) is 0 Å². The minimum absolute atomic E-state index is 0.0635. The van der Waals surface area contributed by atoms with Gasteiger partial charge < -0.3 is 10.2 Å². The molecule has 1 aromatic carbocycles. The predicted octanol–water partition coefficient (Wildman–Crippen LogP) is 3.96. The third kappa shape index (κ3) is 3.94. The van der Waals surface area contributed by atoms with E-state index < -0.39 is 11.6 Å². The highest BCUT2D eigenvalue weighted by Gasteiger charge is 2.20. The molecule has 0 aliphatic heterocycles. The first-order chi connectivity index (χ1) is 8.65. The molecule has 0 heterocycles. The Bertz CT molecular complexity index is 476. The molecule has 0 saturated carbocycles. The fraction of sp³-hybridized carbons (Fsp3) is 0.467. The molecule has 0 spiro atoms. The average Bonchev–Trinajstić information content (AvgIpc) is 2.24. The van der Waals surface area contributed by atoms with Gasteiger partial charge >= 0.3 is 0 Å². The molecule has 0 fully saturated rings. The minimum atomic E-state index is -0.602. The molecule has 0 saturated heterocycles. The number of rotatable bonds is 4. The van der Waals surface area contributed by atoms with E-state index in [0.29, 0.717) is 16.9 Å². The van der Waals surface area contributed by atoms with Crippen LogP contribution < -0.4 is 5.32 Å². The zero-order valence-electron chi connectivity index (χ0n) is 12.3. The summed E-state index contributed by atoms with van der Waals surface area (Å²) in [5.41, 5.74) is 1.32. The van der Waals surface area contributed by atoms with Crippen LogP contribution in [0.3, 0.4) is 0 Å². The van der Waals surface area contributed by atoms with Crippen LogP contribution in [0.4, 0.5) is 14.5 Å². The standard InChI is InChI=1S/C15H22F2N2/c1-10(19(6)9-15(2,3)4)14-12(17)7-11(16)8-13(14)18-5/h7-8,18H,1,9H2,2-6H3. The summed E-state index contributed by atoms with van der Waals surface area (Å²) in [6.45, 7) is 10.9. The van der Waals surface area contributed by atoms with Crippen LogP contribution in [0.15, 0.2) is 18.7 Å². The number of benzene rings is 1. The number of nitrogens with zero attached hydrogens (tertiary/aromatic N) is 1. The lowest BCUT2D eigenvalue weighted by Crippen LogP contribution is -2.28. The quantitative estimate of drug-likeness (QED) is 0.889. The van der Waals surface area contributed by atoms with Crippen LogP contribution in [0, 0.1) is 17.0 Å². The molecule has 0 aromatic heterocycles. The smallest absolute Gasteiger partial charge is 0.137 e. The highest BCUT2D eigenvalue weighted by Crippen LogP contribution is 2.30. The van der Waals surface area contributed by atoms with Crippen molar-refractivity contribution < 1.29 is 8.78 Å². The van der Waals surface area contributed by atoms with Gasteiger partial charge in [0.05, 0.1) is 5.56 Å². The van der Waals surface area contributed by atoms with Crippen molar-refractivity contribution in [3.8, 4) is 0 Å². The molecule has 0 amide bonds. The second-order valence-corrected chi connectivity index (χ2v) is 5.92. The SMILES string of the molecule is C=C(c1c(F)cc(F)cc1NC)N(C)CC(C)(C)C. The molecule has 0 bridgehead atoms. The summed E-state index contributed by atoms with van der Waals surface area (Å²) < 4.78 is 27.2. The lowest BCUT2D eigenvalue weighted by Gasteiger charge is -2.30. The molecule has 2 nitrogen and oxygen atoms in total. The monoisotopic (exact) mass is 268 g/mol. The van der Waals surface area contributed by atoms with Crippen LogP contribution in [0.5, 0.6) is 0 Å². The van der Waals surface area contributed by atoms with E-state index in [1.54, 1.807) is 7.05 Å². The second-order valence-electron chi connectivity index (χ2n) is 5.92. The average molecular weight is 268 g/mol. The van der Waals surface area contributed by atoms with Crippen molar-refractivity contribution in [2.24, 2.45) is 5.41 Å². The van der Waals surface area contributed by atoms with Gasteiger partial charge in [0.25, 0.3) is 0 Å². The summed E-state index contributed by atoms with van der Waals surface area (Å²) >= 11 is 0. The van der Waals surface area contributed by atoms with E-state index >= 15 is 0 Å². The van der Waals surface area contributed by atoms with Gasteiger partial charge in [0.1, 0.15) is 11.6 Å². The number of hydrogen-bond donors (Lipinski definition) is 1. The molecular weight excluding hydrogens is 246 g/mol. The minimum Gasteiger partial charge on any atom is -0.387 e. The van der Waals surface area contributed by atoms with Crippen molar-refractivity contribution in [1.82, 2.24) is 4.90 Å². The lowest BCUT2D eigenvalue weighted by molar-refractivity contribution is 0.295. The zero-order chi connectivity index (χ0) is 14.8. The zero-order valence-corrected chi connectivity index (χ0v) is 12.3. The van der Waals surface area contributed by atoms with Gasteiger partial charge in [-0.05, 0) is 11.5 Å². The Balaban J connectivity index is 3.12. The van der Waals surface area contributed by atoms with E-state index in [-0.39, 0.29) is 5.41 Å². The Kier molecular flexibility index (Phi) is 4.56. The van der Waals surface area contributed by atoms with E-state index in [9.17, 15) is 8.78 Å². The largest absolute Gasteiger partial charge is 0.387 e. The van der Waals surface area contributed by atoms with Crippen LogP contribution in [0.1, 0.15) is 26.3 Å². The highest BCUT2D eigenvalue weighted by molar-refractivity contribution is 5.74. The first-order valence-electron chi connectivity index (χ1n) is 6.23. The van der Waals surface area contributed by atoms with Crippen molar-refractivity contribution in [2.75, 3.05) is 26.0 Å². The van der Waals surface area contributed by atoms with Gasteiger partial charge in [0, 0.05) is 38.1 Å². The fourth-order valence-corrected chi connectivity index (χ4v) is 2.06. The Morgan fingerprint density at radius 1 is 1.32 bits per heavy atom. The van der Waals surface area contributed by atoms with Crippen LogP contribution in [-0.2, 0) is 0 Å². The summed E-state index contributed by atoms with van der Waals surface area (Å²) in [7, 11) is 3.49. The van der Waals surface area contributed by atoms with E-state index in [4.69, 9.17) is 0 Å². The van der Waals surface area contributed by atoms with E-state index in [0.717, 1.165) is 12.6 Å². The lowest BCUT2D eigenvalue weighted by atomic mass is 9.95. The van der Waals surface area contributed by atoms with Crippen LogP contribution in [0.25, 0.3) is 5.70 Å². The third-order valence-corrected chi connectivity index (χ3v) is 2.79. The van der Waals surface area contributed by atoms with E-state index in [1.807, 2.05) is 11.9 Å². The van der Waals surface area contributed by atoms with Crippen molar-refractivity contribution >= 4 is 11.4 Å². The summed E-state index contributed by atoms with van der Waals surface area (Å²) in [5.74, 6) is -1.20. The molecule has 106 valence electrons. The van der Waals surface area contributed by atoms with Gasteiger partial charge in [-0.15, -0.1) is 0 Å². The summed E-state index contributed by atoms with van der Waals surface area (Å²) in [6, 6.07) is 2.15. The van der Waals surface area contributed by atoms with Crippen molar-refractivity contribution in [3.05, 3.63) is 35.9 Å². The maximum Gasteiger partial charge on any atom is 0.137 e. The molecular formula is C15H22F2N2. The fourth-order valence-electron chi connectivity index (χ4n) is 2.06. The van der Waals surface area contributed by atoms with Crippen LogP contribution >= 0.6 is 0 Å². The summed E-state index contributed by atoms with van der Waals surface area (Å²) in [4.78, 5) is 1.89. The van der Waals surface area contributed by atoms with Gasteiger partial charge in [0.15, 0.2) is 0 Å². The number of halogens is 2. The molecule has 1 N–H and O–H groups in total. The van der Waals surface area contributed by atoms with Gasteiger partial charge in [-0.2, -0.15) is 0 Å². The Hall–Kier alpha value is -1.58. The predicted molar refractivity (Wildman–Crippen MR) is 77.0 cm³/mol. The molecule has 0 aliphatic rings. The normalized spacial score (nSPS) is 11.3. The molecule has 0 atom stereocenters. The van der Waals surface area contributed by atoms with Crippen molar-refractivity contribution in [2.45, 2.75) is 20.8 Å². The van der Waals surface area contributed by atoms with Crippen molar-refractivity contribution in [1.29, 1.82) is 0 Å². The molecule has 0 unspecified atom stereocenters. The maximum absolute atomic E-state index is 14.0. The summed E-state index contributed by atoms with van der Waals surface area (Å²) in [6.07, 6.45) is 0. The number of anilines is 1. The van der Waals surface area contributed by atoms with E-state index in [1.165, 1.54) is 6.07 Å². The van der Waals surface area contributed by atoms with E-state index in [2.05, 4.69) is 32.7 Å². The molecule has 0 radical (unpaired) electrons. The van der Waals surface area contributed by atoms with Crippen LogP contribution in [-0.4, -0.2) is 25.5 Å². The van der Waals surface area contributed by atoms with Gasteiger partial charge in [-0.25, -0.2) is 8.78 Å². The topological polar surface area (TPSA) is 15.3 Å². The number of hydrogen-bond acceptors (Lipinski definition) is 2. The Morgan fingerprint density at radius 3 is 2.37 bits per heavy atom. The molecule has 1 rings (SSSR count). The first-order valence-corrected chi connectivity index (χ1v) is 6.23. The third-order valence-electron chi connectivity index (χ3n) is 2.79. The highest BCUT2D eigenvalue weighted by atomic mass is 19.1. The van der Waals surface area contributed by atoms with Crippen molar-refractivity contribution in [3.63, 3.8) is 0 Å². The summed E-state index contributed by atoms with van der Waals surface area (Å²) in [5, 5.41) is 2.81. The van der Waals surface area contributed by atoms with Gasteiger partial charge in [-0.3, -0.25) is 0 Å². The maximum atomic E-state index is 14.0. The van der Waals surface area contributed by atoms with Crippen LogP contribution in [0.2, 0.25) is 0 Å². The molecule has 1 aromatic rings. The number of nitrogens with one attached hydrogen (secondary N) is 1. The van der Waals surface area contributed by atoms with Gasteiger partial charge in [-0.1, -0.05) is 27.4 Å². The second kappa shape index (κ2) is 5.59. The molecule has 0 aliphatic carbocycles. The molecule has 19 heavy (non-hydrogen) atoms. The first kappa shape index (κ1) is 15.5. The Morgan fingerprint density at radius 2 is 1.89 bits per heavy atom.